The van der Waals surface area contributed by atoms with Crippen LogP contribution in [0, 0.1) is 0 Å². The second kappa shape index (κ2) is 7.88. The molecular weight excluding hydrogens is 304 g/mol. The molecule has 2 unspecified atom stereocenters. The number of ether oxygens (including phenoxy) is 2. The summed E-state index contributed by atoms with van der Waals surface area (Å²) in [5.74, 6) is 0.858. The summed E-state index contributed by atoms with van der Waals surface area (Å²) in [4.78, 5) is 14.5. The topological polar surface area (TPSA) is 64.8 Å². The van der Waals surface area contributed by atoms with Gasteiger partial charge in [0.15, 0.2) is 0 Å². The van der Waals surface area contributed by atoms with Crippen LogP contribution in [0.15, 0.2) is 24.3 Å². The lowest BCUT2D eigenvalue weighted by Gasteiger charge is -2.41. The molecule has 0 aliphatic carbocycles. The van der Waals surface area contributed by atoms with E-state index in [0.29, 0.717) is 13.1 Å². The highest BCUT2D eigenvalue weighted by atomic mass is 16.6. The van der Waals surface area contributed by atoms with Crippen molar-refractivity contribution < 1.29 is 14.3 Å². The number of nitrogens with two attached hydrogens (primary N) is 1. The van der Waals surface area contributed by atoms with Crippen molar-refractivity contribution in [3.8, 4) is 5.75 Å². The van der Waals surface area contributed by atoms with Crippen LogP contribution in [-0.2, 0) is 4.74 Å². The van der Waals surface area contributed by atoms with Crippen molar-refractivity contribution in [3.05, 3.63) is 29.8 Å². The van der Waals surface area contributed by atoms with Crippen LogP contribution in [0.4, 0.5) is 4.79 Å². The summed E-state index contributed by atoms with van der Waals surface area (Å²) in [7, 11) is 1.67. The number of para-hydroxylation sites is 1. The molecule has 1 aliphatic rings. The third-order valence-electron chi connectivity index (χ3n) is 4.43. The molecule has 0 aromatic heterocycles. The summed E-state index contributed by atoms with van der Waals surface area (Å²) in [5, 5.41) is 0. The average molecular weight is 334 g/mol. The Kier molecular flexibility index (Phi) is 6.10. The molecule has 1 heterocycles. The van der Waals surface area contributed by atoms with Gasteiger partial charge in [0.05, 0.1) is 7.11 Å². The van der Waals surface area contributed by atoms with Crippen LogP contribution in [0.1, 0.15) is 51.5 Å². The van der Waals surface area contributed by atoms with Crippen molar-refractivity contribution in [2.45, 2.75) is 57.6 Å². The summed E-state index contributed by atoms with van der Waals surface area (Å²) in [5.41, 5.74) is 6.67. The zero-order chi connectivity index (χ0) is 17.7. The maximum absolute atomic E-state index is 12.7. The van der Waals surface area contributed by atoms with Crippen molar-refractivity contribution in [1.82, 2.24) is 4.90 Å². The van der Waals surface area contributed by atoms with E-state index in [1.165, 1.54) is 0 Å². The molecular formula is C19H30N2O3. The molecule has 2 rings (SSSR count). The number of hydrogen-bond acceptors (Lipinski definition) is 4. The molecule has 1 aliphatic heterocycles. The Morgan fingerprint density at radius 2 is 2.04 bits per heavy atom. The molecule has 1 aromatic rings. The standard InChI is InChI=1S/C19H30N2O3/c1-19(2,3)24-18(22)21-12-8-7-10-16(21)15(13-20)14-9-5-6-11-17(14)23-4/h5-6,9,11,15-16H,7-8,10,12-13,20H2,1-4H3. The second-order valence-electron chi connectivity index (χ2n) is 7.32. The van der Waals surface area contributed by atoms with Gasteiger partial charge in [-0.1, -0.05) is 18.2 Å². The van der Waals surface area contributed by atoms with Crippen molar-refractivity contribution in [3.63, 3.8) is 0 Å². The molecule has 2 atom stereocenters. The van der Waals surface area contributed by atoms with E-state index in [4.69, 9.17) is 15.2 Å². The molecule has 1 saturated heterocycles. The fourth-order valence-corrected chi connectivity index (χ4v) is 3.39. The second-order valence-corrected chi connectivity index (χ2v) is 7.32. The van der Waals surface area contributed by atoms with E-state index >= 15 is 0 Å². The fourth-order valence-electron chi connectivity index (χ4n) is 3.39. The van der Waals surface area contributed by atoms with Crippen molar-refractivity contribution in [2.24, 2.45) is 5.73 Å². The Hall–Kier alpha value is -1.75. The van der Waals surface area contributed by atoms with Crippen molar-refractivity contribution >= 4 is 6.09 Å². The number of carbonyl (C=O) groups is 1. The predicted octanol–water partition coefficient (Wildman–Crippen LogP) is 3.53. The molecule has 1 aromatic carbocycles. The summed E-state index contributed by atoms with van der Waals surface area (Å²) in [6, 6.07) is 7.95. The molecule has 2 N–H and O–H groups in total. The van der Waals surface area contributed by atoms with Crippen molar-refractivity contribution in [2.75, 3.05) is 20.2 Å². The minimum atomic E-state index is -0.498. The van der Waals surface area contributed by atoms with Crippen LogP contribution in [-0.4, -0.2) is 42.8 Å². The first kappa shape index (κ1) is 18.6. The van der Waals surface area contributed by atoms with Crippen LogP contribution in [0.2, 0.25) is 0 Å². The number of benzene rings is 1. The molecule has 134 valence electrons. The highest BCUT2D eigenvalue weighted by molar-refractivity contribution is 5.69. The lowest BCUT2D eigenvalue weighted by atomic mass is 9.85. The van der Waals surface area contributed by atoms with E-state index in [1.54, 1.807) is 7.11 Å². The quantitative estimate of drug-likeness (QED) is 0.915. The number of likely N-dealkylation sites (tertiary alicyclic amines) is 1. The summed E-state index contributed by atoms with van der Waals surface area (Å²) in [6.45, 7) is 6.86. The molecule has 24 heavy (non-hydrogen) atoms. The van der Waals surface area contributed by atoms with Crippen LogP contribution >= 0.6 is 0 Å². The number of amides is 1. The summed E-state index contributed by atoms with van der Waals surface area (Å²) < 4.78 is 11.1. The van der Waals surface area contributed by atoms with Crippen LogP contribution in [0.5, 0.6) is 5.75 Å². The number of hydrogen-bond donors (Lipinski definition) is 1. The fraction of sp³-hybridized carbons (Fsp3) is 0.632. The Bertz CT molecular complexity index is 554. The first-order valence-electron chi connectivity index (χ1n) is 8.70. The monoisotopic (exact) mass is 334 g/mol. The summed E-state index contributed by atoms with van der Waals surface area (Å²) in [6.07, 6.45) is 2.77. The largest absolute Gasteiger partial charge is 0.496 e. The van der Waals surface area contributed by atoms with Crippen LogP contribution < -0.4 is 10.5 Å². The highest BCUT2D eigenvalue weighted by Gasteiger charge is 2.36. The van der Waals surface area contributed by atoms with E-state index < -0.39 is 5.60 Å². The van der Waals surface area contributed by atoms with Gasteiger partial charge < -0.3 is 20.1 Å². The molecule has 0 spiro atoms. The molecule has 0 bridgehead atoms. The smallest absolute Gasteiger partial charge is 0.410 e. The molecule has 1 amide bonds. The number of rotatable bonds is 4. The minimum absolute atomic E-state index is 0.0361. The lowest BCUT2D eigenvalue weighted by Crippen LogP contribution is -2.50. The van der Waals surface area contributed by atoms with Gasteiger partial charge in [-0.3, -0.25) is 0 Å². The highest BCUT2D eigenvalue weighted by Crippen LogP contribution is 2.35. The van der Waals surface area contributed by atoms with Gasteiger partial charge in [0, 0.05) is 30.6 Å². The van der Waals surface area contributed by atoms with Gasteiger partial charge in [-0.2, -0.15) is 0 Å². The first-order chi connectivity index (χ1) is 11.4. The third kappa shape index (κ3) is 4.41. The Labute approximate surface area is 145 Å². The van der Waals surface area contributed by atoms with Gasteiger partial charge in [-0.25, -0.2) is 4.79 Å². The third-order valence-corrected chi connectivity index (χ3v) is 4.43. The number of piperidine rings is 1. The number of methoxy groups -OCH3 is 1. The first-order valence-corrected chi connectivity index (χ1v) is 8.70. The number of nitrogens with zero attached hydrogens (tertiary/aromatic N) is 1. The lowest BCUT2D eigenvalue weighted by molar-refractivity contribution is 0.00654. The SMILES string of the molecule is COc1ccccc1C(CN)C1CCCCN1C(=O)OC(C)(C)C. The molecule has 5 nitrogen and oxygen atoms in total. The minimum Gasteiger partial charge on any atom is -0.496 e. The number of carbonyl (C=O) groups excluding carboxylic acids is 1. The molecule has 5 heteroatoms. The van der Waals surface area contributed by atoms with Gasteiger partial charge in [-0.15, -0.1) is 0 Å². The van der Waals surface area contributed by atoms with Gasteiger partial charge in [0.1, 0.15) is 11.4 Å². The van der Waals surface area contributed by atoms with Gasteiger partial charge in [0.2, 0.25) is 0 Å². The molecule has 0 radical (unpaired) electrons. The van der Waals surface area contributed by atoms with E-state index in [-0.39, 0.29) is 18.1 Å². The Morgan fingerprint density at radius 1 is 1.33 bits per heavy atom. The normalized spacial score (nSPS) is 19.7. The Balaban J connectivity index is 2.28. The zero-order valence-corrected chi connectivity index (χ0v) is 15.2. The molecule has 1 fully saturated rings. The maximum Gasteiger partial charge on any atom is 0.410 e. The van der Waals surface area contributed by atoms with E-state index in [9.17, 15) is 4.79 Å². The van der Waals surface area contributed by atoms with Gasteiger partial charge in [0.25, 0.3) is 0 Å². The van der Waals surface area contributed by atoms with Gasteiger partial charge in [-0.05, 0) is 46.1 Å². The van der Waals surface area contributed by atoms with E-state index in [1.807, 2.05) is 49.9 Å². The van der Waals surface area contributed by atoms with Crippen LogP contribution in [0.3, 0.4) is 0 Å². The predicted molar refractivity (Wildman–Crippen MR) is 95.4 cm³/mol. The molecule has 0 saturated carbocycles. The van der Waals surface area contributed by atoms with Crippen LogP contribution in [0.25, 0.3) is 0 Å². The van der Waals surface area contributed by atoms with E-state index in [2.05, 4.69) is 0 Å². The van der Waals surface area contributed by atoms with E-state index in [0.717, 1.165) is 30.6 Å². The Morgan fingerprint density at radius 3 is 2.67 bits per heavy atom. The average Bonchev–Trinajstić information content (AvgIpc) is 2.55. The summed E-state index contributed by atoms with van der Waals surface area (Å²) >= 11 is 0. The maximum atomic E-state index is 12.7. The van der Waals surface area contributed by atoms with Crippen molar-refractivity contribution in [1.29, 1.82) is 0 Å². The zero-order valence-electron chi connectivity index (χ0n) is 15.2. The van der Waals surface area contributed by atoms with Gasteiger partial charge >= 0.3 is 6.09 Å².